The number of nitrogens with zero attached hydrogens (tertiary/aromatic N) is 2. The average molecular weight is 354 g/mol. The predicted octanol–water partition coefficient (Wildman–Crippen LogP) is 5.64. The van der Waals surface area contributed by atoms with Gasteiger partial charge in [0.2, 0.25) is 5.69 Å². The fourth-order valence-corrected chi connectivity index (χ4v) is 3.35. The van der Waals surface area contributed by atoms with E-state index in [1.807, 2.05) is 0 Å². The van der Waals surface area contributed by atoms with Gasteiger partial charge < -0.3 is 0 Å². The highest BCUT2D eigenvalue weighted by atomic mass is 35.5. The van der Waals surface area contributed by atoms with Crippen LogP contribution < -0.4 is 4.59 Å². The molecule has 23 heavy (non-hydrogen) atoms. The zero-order valence-corrected chi connectivity index (χ0v) is 14.0. The molecular weight excluding hydrogens is 341 g/mol. The lowest BCUT2D eigenvalue weighted by atomic mass is 10.0. The fourth-order valence-electron chi connectivity index (χ4n) is 2.75. The van der Waals surface area contributed by atoms with Crippen LogP contribution in [0.1, 0.15) is 12.5 Å². The van der Waals surface area contributed by atoms with Crippen molar-refractivity contribution in [1.29, 1.82) is 0 Å². The third kappa shape index (κ3) is 2.78. The average Bonchev–Trinajstić information content (AvgIpc) is 2.74. The highest BCUT2D eigenvalue weighted by Crippen LogP contribution is 2.40. The van der Waals surface area contributed by atoms with Gasteiger partial charge in [0.15, 0.2) is 5.82 Å². The number of halogens is 4. The van der Waals surface area contributed by atoms with E-state index in [1.165, 1.54) is 18.2 Å². The van der Waals surface area contributed by atoms with Crippen LogP contribution in [-0.4, -0.2) is 12.8 Å². The van der Waals surface area contributed by atoms with Gasteiger partial charge in [-0.15, -0.1) is 4.59 Å². The number of allylic oxidation sites excluding steroid dienone is 1. The van der Waals surface area contributed by atoms with Crippen LogP contribution in [0.3, 0.4) is 0 Å². The Morgan fingerprint density at radius 1 is 1.04 bits per heavy atom. The van der Waals surface area contributed by atoms with Crippen molar-refractivity contribution in [3.8, 4) is 0 Å². The number of rotatable bonds is 2. The molecule has 1 unspecified atom stereocenters. The Bertz CT molecular complexity index is 841. The summed E-state index contributed by atoms with van der Waals surface area (Å²) in [6, 6.07) is 8.65. The largest absolute Gasteiger partial charge is 0.218 e. The summed E-state index contributed by atoms with van der Waals surface area (Å²) in [5, 5.41) is 5.08. The molecule has 2 aromatic rings. The Morgan fingerprint density at radius 2 is 1.78 bits per heavy atom. The maximum Gasteiger partial charge on any atom is 0.218 e. The van der Waals surface area contributed by atoms with Crippen molar-refractivity contribution < 1.29 is 8.78 Å². The van der Waals surface area contributed by atoms with E-state index in [9.17, 15) is 8.78 Å². The lowest BCUT2D eigenvalue weighted by molar-refractivity contribution is 0.456. The number of hydrogen-bond donors (Lipinski definition) is 0. The molecule has 1 atom stereocenters. The van der Waals surface area contributed by atoms with Gasteiger partial charge >= 0.3 is 0 Å². The Labute approximate surface area is 142 Å². The third-order valence-electron chi connectivity index (χ3n) is 3.74. The molecule has 0 amide bonds. The van der Waals surface area contributed by atoms with E-state index in [0.29, 0.717) is 11.3 Å². The van der Waals surface area contributed by atoms with E-state index in [1.54, 1.807) is 38.4 Å². The van der Waals surface area contributed by atoms with Crippen LogP contribution in [-0.2, 0) is 0 Å². The van der Waals surface area contributed by atoms with E-state index >= 15 is 0 Å². The minimum atomic E-state index is -0.445. The lowest BCUT2D eigenvalue weighted by Crippen LogP contribution is -2.32. The molecule has 1 aliphatic rings. The molecule has 0 aromatic heterocycles. The normalized spacial score (nSPS) is 20.4. The molecule has 2 nitrogen and oxygen atoms in total. The van der Waals surface area contributed by atoms with Gasteiger partial charge in [-0.25, -0.2) is 8.78 Å². The monoisotopic (exact) mass is 353 g/mol. The maximum absolute atomic E-state index is 14.3. The molecular formula is C17H13Cl2F2N2+. The molecule has 0 saturated carbocycles. The van der Waals surface area contributed by atoms with Crippen molar-refractivity contribution in [3.05, 3.63) is 69.8 Å². The van der Waals surface area contributed by atoms with E-state index in [-0.39, 0.29) is 20.3 Å². The first-order valence-corrected chi connectivity index (χ1v) is 7.64. The fraction of sp³-hybridized carbons (Fsp3) is 0.118. The van der Waals surface area contributed by atoms with Crippen LogP contribution in [0.2, 0.25) is 10.0 Å². The Morgan fingerprint density at radius 3 is 2.43 bits per heavy atom. The molecule has 1 aliphatic heterocycles. The van der Waals surface area contributed by atoms with Crippen LogP contribution in [0.15, 0.2) is 47.7 Å². The second kappa shape index (κ2) is 5.71. The Kier molecular flexibility index (Phi) is 4.00. The second-order valence-corrected chi connectivity index (χ2v) is 6.26. The highest BCUT2D eigenvalue weighted by molar-refractivity contribution is 6.36. The summed E-state index contributed by atoms with van der Waals surface area (Å²) in [7, 11) is 1.72. The van der Waals surface area contributed by atoms with Gasteiger partial charge in [-0.3, -0.25) is 0 Å². The van der Waals surface area contributed by atoms with E-state index in [2.05, 4.69) is 5.10 Å². The minimum absolute atomic E-state index is 0.166. The Hall–Kier alpha value is -1.75. The van der Waals surface area contributed by atoms with Crippen molar-refractivity contribution in [2.45, 2.75) is 6.92 Å². The molecule has 118 valence electrons. The third-order valence-corrected chi connectivity index (χ3v) is 4.36. The molecule has 6 heteroatoms. The number of quaternary nitrogens is 1. The van der Waals surface area contributed by atoms with E-state index in [4.69, 9.17) is 23.2 Å². The molecule has 0 saturated heterocycles. The number of benzene rings is 2. The summed E-state index contributed by atoms with van der Waals surface area (Å²) < 4.78 is 27.3. The SMILES string of the molecule is CC1=N[N+](C)(c2c(F)cccc2Cl)C=C1c1ccc(F)cc1Cl. The van der Waals surface area contributed by atoms with Crippen LogP contribution in [0, 0.1) is 11.6 Å². The first-order valence-electron chi connectivity index (χ1n) is 6.88. The molecule has 2 aromatic carbocycles. The molecule has 0 radical (unpaired) electrons. The molecule has 0 spiro atoms. The smallest absolute Gasteiger partial charge is 0.207 e. The maximum atomic E-state index is 14.3. The van der Waals surface area contributed by atoms with Crippen LogP contribution in [0.25, 0.3) is 5.57 Å². The summed E-state index contributed by atoms with van der Waals surface area (Å²) in [6.45, 7) is 1.80. The van der Waals surface area contributed by atoms with Crippen LogP contribution >= 0.6 is 23.2 Å². The van der Waals surface area contributed by atoms with Gasteiger partial charge in [-0.05, 0) is 37.3 Å². The zero-order valence-electron chi connectivity index (χ0n) is 12.4. The number of hydrogen-bond acceptors (Lipinski definition) is 1. The van der Waals surface area contributed by atoms with E-state index in [0.717, 1.165) is 5.57 Å². The van der Waals surface area contributed by atoms with Crippen LogP contribution in [0.5, 0.6) is 0 Å². The minimum Gasteiger partial charge on any atom is -0.207 e. The van der Waals surface area contributed by atoms with Gasteiger partial charge in [0, 0.05) is 5.56 Å². The van der Waals surface area contributed by atoms with Crippen molar-refractivity contribution in [2.24, 2.45) is 5.10 Å². The lowest BCUT2D eigenvalue weighted by Gasteiger charge is -2.21. The van der Waals surface area contributed by atoms with Crippen LogP contribution in [0.4, 0.5) is 14.5 Å². The summed E-state index contributed by atoms with van der Waals surface area (Å²) in [4.78, 5) is 0. The molecule has 0 aliphatic carbocycles. The van der Waals surface area contributed by atoms with Crippen molar-refractivity contribution >= 4 is 40.2 Å². The first-order chi connectivity index (χ1) is 10.8. The van der Waals surface area contributed by atoms with Gasteiger partial charge in [0.05, 0.1) is 10.6 Å². The van der Waals surface area contributed by atoms with Crippen molar-refractivity contribution in [3.63, 3.8) is 0 Å². The zero-order chi connectivity index (χ0) is 16.8. The Balaban J connectivity index is 2.16. The van der Waals surface area contributed by atoms with Gasteiger partial charge in [0.1, 0.15) is 29.8 Å². The summed E-state index contributed by atoms with van der Waals surface area (Å²) in [5.74, 6) is -0.861. The summed E-state index contributed by atoms with van der Waals surface area (Å²) >= 11 is 12.3. The van der Waals surface area contributed by atoms with Gasteiger partial charge in [-0.1, -0.05) is 34.4 Å². The molecule has 0 N–H and O–H groups in total. The van der Waals surface area contributed by atoms with Gasteiger partial charge in [-0.2, -0.15) is 0 Å². The van der Waals surface area contributed by atoms with Crippen molar-refractivity contribution in [2.75, 3.05) is 7.05 Å². The van der Waals surface area contributed by atoms with E-state index < -0.39 is 11.6 Å². The standard InChI is InChI=1S/C17H13Cl2F2N2/c1-10-13(12-7-6-11(20)8-15(12)19)9-23(2,22-10)17-14(18)4-3-5-16(17)21/h3-9H,1-2H3/q+1. The molecule has 0 fully saturated rings. The quantitative estimate of drug-likeness (QED) is 0.619. The summed E-state index contributed by atoms with van der Waals surface area (Å²) in [6.07, 6.45) is 1.75. The topological polar surface area (TPSA) is 12.4 Å². The highest BCUT2D eigenvalue weighted by Gasteiger charge is 2.37. The van der Waals surface area contributed by atoms with Crippen molar-refractivity contribution in [1.82, 2.24) is 4.59 Å². The first kappa shape index (κ1) is 16.1. The second-order valence-electron chi connectivity index (χ2n) is 5.45. The molecule has 0 bridgehead atoms. The molecule has 1 heterocycles. The van der Waals surface area contributed by atoms with Gasteiger partial charge in [0.25, 0.3) is 0 Å². The predicted molar refractivity (Wildman–Crippen MR) is 91.6 cm³/mol. The summed E-state index contributed by atoms with van der Waals surface area (Å²) in [5.41, 5.74) is 2.28. The number of para-hydroxylation sites is 1. The molecule has 3 rings (SSSR count).